The van der Waals surface area contributed by atoms with Gasteiger partial charge in [-0.25, -0.2) is 9.97 Å². The molecule has 7 heteroatoms. The monoisotopic (exact) mass is 417 g/mol. The third-order valence-electron chi connectivity index (χ3n) is 5.61. The van der Waals surface area contributed by atoms with Gasteiger partial charge in [-0.2, -0.15) is 0 Å². The van der Waals surface area contributed by atoms with E-state index in [2.05, 4.69) is 25.9 Å². The largest absolute Gasteiger partial charge is 0.354 e. The van der Waals surface area contributed by atoms with E-state index in [1.807, 2.05) is 36.4 Å². The fraction of sp³-hybridized carbons (Fsp3) is 0.333. The number of aromatic nitrogens is 2. The molecule has 2 amide bonds. The van der Waals surface area contributed by atoms with Gasteiger partial charge in [0.25, 0.3) is 5.91 Å². The Kier molecular flexibility index (Phi) is 6.40. The van der Waals surface area contributed by atoms with E-state index < -0.39 is 0 Å². The van der Waals surface area contributed by atoms with Crippen molar-refractivity contribution >= 4 is 28.7 Å². The average Bonchev–Trinajstić information content (AvgIpc) is 2.78. The van der Waals surface area contributed by atoms with E-state index in [1.54, 1.807) is 25.3 Å². The molecule has 0 spiro atoms. The van der Waals surface area contributed by atoms with Crippen LogP contribution in [0.4, 0.5) is 5.95 Å². The van der Waals surface area contributed by atoms with Crippen molar-refractivity contribution in [2.24, 2.45) is 0 Å². The van der Waals surface area contributed by atoms with Crippen LogP contribution in [0.1, 0.15) is 48.5 Å². The lowest BCUT2D eigenvalue weighted by Gasteiger charge is -2.29. The minimum atomic E-state index is -0.129. The van der Waals surface area contributed by atoms with E-state index in [9.17, 15) is 9.59 Å². The highest BCUT2D eigenvalue weighted by Gasteiger charge is 2.22. The second-order valence-corrected chi connectivity index (χ2v) is 8.03. The van der Waals surface area contributed by atoms with E-state index in [4.69, 9.17) is 0 Å². The van der Waals surface area contributed by atoms with E-state index in [1.165, 1.54) is 0 Å². The van der Waals surface area contributed by atoms with Gasteiger partial charge in [0.05, 0.1) is 5.52 Å². The van der Waals surface area contributed by atoms with E-state index in [0.717, 1.165) is 42.1 Å². The number of nitrogens with one attached hydrogen (secondary N) is 3. The summed E-state index contributed by atoms with van der Waals surface area (Å²) in [6, 6.07) is 15.8. The van der Waals surface area contributed by atoms with Crippen LogP contribution in [0.2, 0.25) is 0 Å². The number of carbonyl (C=O) groups is 2. The molecular weight excluding hydrogens is 390 g/mol. The predicted molar refractivity (Wildman–Crippen MR) is 121 cm³/mol. The van der Waals surface area contributed by atoms with E-state index in [-0.39, 0.29) is 23.9 Å². The molecule has 1 heterocycles. The molecule has 0 bridgehead atoms. The Hall–Kier alpha value is -3.48. The zero-order valence-corrected chi connectivity index (χ0v) is 17.6. The molecule has 2 aromatic carbocycles. The van der Waals surface area contributed by atoms with Crippen LogP contribution in [0.25, 0.3) is 10.9 Å². The maximum Gasteiger partial charge on any atom is 0.251 e. The van der Waals surface area contributed by atoms with Gasteiger partial charge in [-0.3, -0.25) is 9.59 Å². The van der Waals surface area contributed by atoms with Crippen molar-refractivity contribution in [3.8, 4) is 0 Å². The quantitative estimate of drug-likeness (QED) is 0.571. The third kappa shape index (κ3) is 5.57. The first-order valence-corrected chi connectivity index (χ1v) is 10.7. The van der Waals surface area contributed by atoms with E-state index in [0.29, 0.717) is 18.1 Å². The van der Waals surface area contributed by atoms with Crippen molar-refractivity contribution in [2.75, 3.05) is 5.32 Å². The molecule has 0 saturated heterocycles. The normalized spacial score (nSPS) is 18.4. The molecule has 31 heavy (non-hydrogen) atoms. The number of carbonyl (C=O) groups excluding carboxylic acids is 2. The summed E-state index contributed by atoms with van der Waals surface area (Å²) in [4.78, 5) is 32.8. The van der Waals surface area contributed by atoms with Crippen LogP contribution in [-0.2, 0) is 11.3 Å². The molecule has 0 atom stereocenters. The summed E-state index contributed by atoms with van der Waals surface area (Å²) < 4.78 is 0. The van der Waals surface area contributed by atoms with Crippen LogP contribution < -0.4 is 16.0 Å². The van der Waals surface area contributed by atoms with Crippen LogP contribution in [0.5, 0.6) is 0 Å². The Morgan fingerprint density at radius 1 is 1.00 bits per heavy atom. The first-order valence-electron chi connectivity index (χ1n) is 10.7. The van der Waals surface area contributed by atoms with Crippen LogP contribution in [0, 0.1) is 0 Å². The van der Waals surface area contributed by atoms with Gasteiger partial charge < -0.3 is 16.0 Å². The Morgan fingerprint density at radius 2 is 1.74 bits per heavy atom. The molecule has 160 valence electrons. The van der Waals surface area contributed by atoms with E-state index >= 15 is 0 Å². The molecule has 0 unspecified atom stereocenters. The lowest BCUT2D eigenvalue weighted by Crippen LogP contribution is -2.39. The zero-order chi connectivity index (χ0) is 21.6. The summed E-state index contributed by atoms with van der Waals surface area (Å²) in [7, 11) is 0. The minimum Gasteiger partial charge on any atom is -0.354 e. The predicted octanol–water partition coefficient (Wildman–Crippen LogP) is 3.42. The number of hydrogen-bond acceptors (Lipinski definition) is 5. The van der Waals surface area contributed by atoms with Crippen LogP contribution in [0.3, 0.4) is 0 Å². The van der Waals surface area contributed by atoms with Crippen LogP contribution in [0.15, 0.2) is 54.7 Å². The van der Waals surface area contributed by atoms with Crippen molar-refractivity contribution in [3.05, 3.63) is 65.9 Å². The van der Waals surface area contributed by atoms with Crippen molar-refractivity contribution in [1.29, 1.82) is 0 Å². The number of hydrogen-bond donors (Lipinski definition) is 3. The number of benzene rings is 2. The summed E-state index contributed by atoms with van der Waals surface area (Å²) in [5, 5.41) is 10.2. The highest BCUT2D eigenvalue weighted by molar-refractivity contribution is 5.97. The van der Waals surface area contributed by atoms with Crippen molar-refractivity contribution in [3.63, 3.8) is 0 Å². The number of amides is 2. The Labute approximate surface area is 181 Å². The lowest BCUT2D eigenvalue weighted by atomic mass is 9.91. The first-order chi connectivity index (χ1) is 15.1. The molecule has 3 N–H and O–H groups in total. The summed E-state index contributed by atoms with van der Waals surface area (Å²) in [5.41, 5.74) is 2.36. The molecule has 1 saturated carbocycles. The SMILES string of the molecule is CC(=O)NC1CCC(Nc2ncc3ccc(C(=O)NCc4ccccc4)cc3n2)CC1. The van der Waals surface area contributed by atoms with Gasteiger partial charge in [-0.1, -0.05) is 36.4 Å². The van der Waals surface area contributed by atoms with Gasteiger partial charge in [0.2, 0.25) is 11.9 Å². The topological polar surface area (TPSA) is 96.0 Å². The fourth-order valence-electron chi connectivity index (χ4n) is 3.97. The van der Waals surface area contributed by atoms with Crippen LogP contribution >= 0.6 is 0 Å². The molecule has 7 nitrogen and oxygen atoms in total. The van der Waals surface area contributed by atoms with Gasteiger partial charge in [-0.05, 0) is 43.4 Å². The van der Waals surface area contributed by atoms with Gasteiger partial charge in [-0.15, -0.1) is 0 Å². The highest BCUT2D eigenvalue weighted by atomic mass is 16.2. The minimum absolute atomic E-state index is 0.0258. The van der Waals surface area contributed by atoms with Crippen molar-refractivity contribution < 1.29 is 9.59 Å². The first kappa shape index (κ1) is 20.8. The van der Waals surface area contributed by atoms with Gasteiger partial charge in [0.15, 0.2) is 0 Å². The Morgan fingerprint density at radius 3 is 2.48 bits per heavy atom. The third-order valence-corrected chi connectivity index (χ3v) is 5.61. The summed E-state index contributed by atoms with van der Waals surface area (Å²) in [6.45, 7) is 2.04. The second-order valence-electron chi connectivity index (χ2n) is 8.03. The van der Waals surface area contributed by atoms with Gasteiger partial charge >= 0.3 is 0 Å². The molecule has 0 radical (unpaired) electrons. The number of nitrogens with zero attached hydrogens (tertiary/aromatic N) is 2. The fourth-order valence-corrected chi connectivity index (χ4v) is 3.97. The molecular formula is C24H27N5O2. The molecule has 4 rings (SSSR count). The molecule has 0 aliphatic heterocycles. The number of fused-ring (bicyclic) bond motifs is 1. The van der Waals surface area contributed by atoms with Crippen LogP contribution in [-0.4, -0.2) is 33.9 Å². The molecule has 3 aromatic rings. The van der Waals surface area contributed by atoms with Crippen molar-refractivity contribution in [1.82, 2.24) is 20.6 Å². The number of anilines is 1. The van der Waals surface area contributed by atoms with Crippen molar-refractivity contribution in [2.45, 2.75) is 51.2 Å². The molecule has 1 aliphatic rings. The zero-order valence-electron chi connectivity index (χ0n) is 17.6. The molecule has 1 aliphatic carbocycles. The summed E-state index contributed by atoms with van der Waals surface area (Å²) >= 11 is 0. The number of rotatable bonds is 6. The summed E-state index contributed by atoms with van der Waals surface area (Å²) in [5.74, 6) is 0.463. The maximum absolute atomic E-state index is 12.6. The Balaban J connectivity index is 1.39. The second kappa shape index (κ2) is 9.55. The van der Waals surface area contributed by atoms with Gasteiger partial charge in [0.1, 0.15) is 0 Å². The maximum atomic E-state index is 12.6. The standard InChI is InChI=1S/C24H27N5O2/c1-16(30)27-20-9-11-21(12-10-20)28-24-26-15-19-8-7-18(13-22(19)29-24)23(31)25-14-17-5-3-2-4-6-17/h2-8,13,15,20-21H,9-12,14H2,1H3,(H,25,31)(H,27,30)(H,26,28,29). The summed E-state index contributed by atoms with van der Waals surface area (Å²) in [6.07, 6.45) is 5.56. The highest BCUT2D eigenvalue weighted by Crippen LogP contribution is 2.22. The molecule has 1 aromatic heterocycles. The smallest absolute Gasteiger partial charge is 0.251 e. The Bertz CT molecular complexity index is 1060. The van der Waals surface area contributed by atoms with Gasteiger partial charge in [0, 0.05) is 42.7 Å². The average molecular weight is 418 g/mol. The molecule has 1 fully saturated rings. The lowest BCUT2D eigenvalue weighted by molar-refractivity contribution is -0.119.